The lowest BCUT2D eigenvalue weighted by atomic mass is 10.2. The van der Waals surface area contributed by atoms with E-state index in [-0.39, 0.29) is 0 Å². The van der Waals surface area contributed by atoms with Crippen molar-refractivity contribution in [1.29, 1.82) is 0 Å². The summed E-state index contributed by atoms with van der Waals surface area (Å²) in [6.07, 6.45) is 0. The molecule has 4 nitrogen and oxygen atoms in total. The zero-order chi connectivity index (χ0) is 13.1. The largest absolute Gasteiger partial charge is 0.495 e. The summed E-state index contributed by atoms with van der Waals surface area (Å²) in [6.45, 7) is 2.56. The number of aromatic nitrogens is 2. The Hall–Kier alpha value is -0.660. The predicted octanol–water partition coefficient (Wildman–Crippen LogP) is 3.99. The van der Waals surface area contributed by atoms with Crippen LogP contribution in [0.2, 0.25) is 0 Å². The van der Waals surface area contributed by atoms with Gasteiger partial charge in [-0.05, 0) is 35.0 Å². The molecule has 0 amide bonds. The van der Waals surface area contributed by atoms with E-state index in [1.165, 1.54) is 11.3 Å². The highest BCUT2D eigenvalue weighted by Crippen LogP contribution is 2.33. The molecule has 0 aliphatic carbocycles. The van der Waals surface area contributed by atoms with Crippen LogP contribution in [0.3, 0.4) is 0 Å². The molecule has 1 N–H and O–H groups in total. The zero-order valence-corrected chi connectivity index (χ0v) is 13.8. The molecule has 0 bridgehead atoms. The lowest BCUT2D eigenvalue weighted by Gasteiger charge is -2.11. The zero-order valence-electron chi connectivity index (χ0n) is 9.83. The number of anilines is 1. The van der Waals surface area contributed by atoms with E-state index >= 15 is 0 Å². The van der Waals surface area contributed by atoms with Gasteiger partial charge in [-0.1, -0.05) is 27.3 Å². The van der Waals surface area contributed by atoms with Crippen molar-refractivity contribution in [3.8, 4) is 5.75 Å². The number of aryl methyl sites for hydroxylation is 1. The Morgan fingerprint density at radius 2 is 2.11 bits per heavy atom. The smallest absolute Gasteiger partial charge is 0.205 e. The Morgan fingerprint density at radius 3 is 2.72 bits per heavy atom. The predicted molar refractivity (Wildman–Crippen MR) is 80.4 cm³/mol. The number of halogens is 2. The Kier molecular flexibility index (Phi) is 4.58. The molecule has 1 aromatic carbocycles. The lowest BCUT2D eigenvalue weighted by molar-refractivity contribution is 0.407. The van der Waals surface area contributed by atoms with Gasteiger partial charge in [0.15, 0.2) is 0 Å². The van der Waals surface area contributed by atoms with Crippen molar-refractivity contribution in [1.82, 2.24) is 10.2 Å². The molecule has 2 rings (SSSR count). The van der Waals surface area contributed by atoms with E-state index in [2.05, 4.69) is 47.4 Å². The van der Waals surface area contributed by atoms with Crippen LogP contribution in [-0.4, -0.2) is 17.3 Å². The Morgan fingerprint density at radius 1 is 1.33 bits per heavy atom. The molecule has 0 aliphatic rings. The molecule has 96 valence electrons. The van der Waals surface area contributed by atoms with Crippen LogP contribution in [0.4, 0.5) is 5.13 Å². The van der Waals surface area contributed by atoms with E-state index < -0.39 is 0 Å². The third-order valence-electron chi connectivity index (χ3n) is 2.25. The van der Waals surface area contributed by atoms with Crippen LogP contribution in [0.15, 0.2) is 21.1 Å². The van der Waals surface area contributed by atoms with Crippen molar-refractivity contribution in [2.24, 2.45) is 0 Å². The van der Waals surface area contributed by atoms with Crippen LogP contribution < -0.4 is 10.1 Å². The molecule has 0 radical (unpaired) electrons. The first-order valence-electron chi connectivity index (χ1n) is 5.16. The summed E-state index contributed by atoms with van der Waals surface area (Å²) in [7, 11) is 1.66. The monoisotopic (exact) mass is 391 g/mol. The molecule has 18 heavy (non-hydrogen) atoms. The molecule has 0 atom stereocenters. The van der Waals surface area contributed by atoms with Gasteiger partial charge in [0.1, 0.15) is 10.8 Å². The molecular formula is C11H11Br2N3OS. The highest BCUT2D eigenvalue weighted by atomic mass is 79.9. The summed E-state index contributed by atoms with van der Waals surface area (Å²) in [5.74, 6) is 0.826. The van der Waals surface area contributed by atoms with Crippen LogP contribution in [0.25, 0.3) is 0 Å². The van der Waals surface area contributed by atoms with Gasteiger partial charge in [0, 0.05) is 16.6 Å². The van der Waals surface area contributed by atoms with Crippen molar-refractivity contribution >= 4 is 48.3 Å². The van der Waals surface area contributed by atoms with Crippen LogP contribution in [0.5, 0.6) is 5.75 Å². The summed E-state index contributed by atoms with van der Waals surface area (Å²) in [5.41, 5.74) is 1.05. The van der Waals surface area contributed by atoms with Gasteiger partial charge in [0.2, 0.25) is 5.13 Å². The summed E-state index contributed by atoms with van der Waals surface area (Å²) >= 11 is 8.48. The number of benzene rings is 1. The van der Waals surface area contributed by atoms with Gasteiger partial charge in [-0.2, -0.15) is 0 Å². The molecule has 2 aromatic rings. The van der Waals surface area contributed by atoms with E-state index in [0.29, 0.717) is 6.54 Å². The SMILES string of the molecule is COc1c(Br)cc(Br)cc1CNc1nnc(C)s1. The van der Waals surface area contributed by atoms with Crippen LogP contribution >= 0.6 is 43.2 Å². The molecule has 0 aliphatic heterocycles. The Labute approximate surface area is 126 Å². The van der Waals surface area contributed by atoms with Crippen molar-refractivity contribution in [3.63, 3.8) is 0 Å². The van der Waals surface area contributed by atoms with Crippen molar-refractivity contribution in [3.05, 3.63) is 31.6 Å². The van der Waals surface area contributed by atoms with Gasteiger partial charge in [0.25, 0.3) is 0 Å². The standard InChI is InChI=1S/C11H11Br2N3OS/c1-6-15-16-11(18-6)14-5-7-3-8(12)4-9(13)10(7)17-2/h3-4H,5H2,1-2H3,(H,14,16). The highest BCUT2D eigenvalue weighted by Gasteiger charge is 2.10. The van der Waals surface area contributed by atoms with Crippen molar-refractivity contribution in [2.75, 3.05) is 12.4 Å². The van der Waals surface area contributed by atoms with Gasteiger partial charge >= 0.3 is 0 Å². The molecule has 0 saturated carbocycles. The number of hydrogen-bond acceptors (Lipinski definition) is 5. The van der Waals surface area contributed by atoms with E-state index in [0.717, 1.165) is 30.4 Å². The molecule has 7 heteroatoms. The molecule has 0 spiro atoms. The van der Waals surface area contributed by atoms with Crippen LogP contribution in [0.1, 0.15) is 10.6 Å². The number of nitrogens with zero attached hydrogens (tertiary/aromatic N) is 2. The maximum atomic E-state index is 5.38. The summed E-state index contributed by atoms with van der Waals surface area (Å²) < 4.78 is 7.31. The maximum Gasteiger partial charge on any atom is 0.205 e. The summed E-state index contributed by atoms with van der Waals surface area (Å²) in [5, 5.41) is 13.0. The van der Waals surface area contributed by atoms with E-state index in [4.69, 9.17) is 4.74 Å². The summed E-state index contributed by atoms with van der Waals surface area (Å²) in [6, 6.07) is 3.97. The molecular weight excluding hydrogens is 382 g/mol. The van der Waals surface area contributed by atoms with Gasteiger partial charge < -0.3 is 10.1 Å². The minimum Gasteiger partial charge on any atom is -0.495 e. The normalized spacial score (nSPS) is 10.4. The summed E-state index contributed by atoms with van der Waals surface area (Å²) in [4.78, 5) is 0. The number of methoxy groups -OCH3 is 1. The minimum absolute atomic E-state index is 0.635. The second-order valence-electron chi connectivity index (χ2n) is 3.56. The fraction of sp³-hybridized carbons (Fsp3) is 0.273. The maximum absolute atomic E-state index is 5.38. The lowest BCUT2D eigenvalue weighted by Crippen LogP contribution is -2.02. The van der Waals surface area contributed by atoms with Crippen molar-refractivity contribution < 1.29 is 4.74 Å². The van der Waals surface area contributed by atoms with Gasteiger partial charge in [-0.15, -0.1) is 10.2 Å². The average Bonchev–Trinajstić information content (AvgIpc) is 2.72. The third kappa shape index (κ3) is 3.21. The average molecular weight is 393 g/mol. The first kappa shape index (κ1) is 13.8. The first-order chi connectivity index (χ1) is 8.60. The Balaban J connectivity index is 2.18. The molecule has 0 saturated heterocycles. The van der Waals surface area contributed by atoms with E-state index in [9.17, 15) is 0 Å². The van der Waals surface area contributed by atoms with E-state index in [1.54, 1.807) is 7.11 Å². The van der Waals surface area contributed by atoms with E-state index in [1.807, 2.05) is 19.1 Å². The molecule has 0 fully saturated rings. The topological polar surface area (TPSA) is 47.0 Å². The first-order valence-corrected chi connectivity index (χ1v) is 7.56. The van der Waals surface area contributed by atoms with Gasteiger partial charge in [-0.3, -0.25) is 0 Å². The quantitative estimate of drug-likeness (QED) is 0.854. The second-order valence-corrected chi connectivity index (χ2v) is 6.51. The molecule has 0 unspecified atom stereocenters. The fourth-order valence-electron chi connectivity index (χ4n) is 1.51. The fourth-order valence-corrected chi connectivity index (χ4v) is 3.58. The molecule has 1 aromatic heterocycles. The van der Waals surface area contributed by atoms with Crippen LogP contribution in [0, 0.1) is 6.92 Å². The van der Waals surface area contributed by atoms with Crippen LogP contribution in [-0.2, 0) is 6.54 Å². The highest BCUT2D eigenvalue weighted by molar-refractivity contribution is 9.11. The third-order valence-corrected chi connectivity index (χ3v) is 4.09. The minimum atomic E-state index is 0.635. The van der Waals surface area contributed by atoms with Gasteiger partial charge in [-0.25, -0.2) is 0 Å². The number of rotatable bonds is 4. The number of nitrogens with one attached hydrogen (secondary N) is 1. The number of hydrogen-bond donors (Lipinski definition) is 1. The van der Waals surface area contributed by atoms with Gasteiger partial charge in [0.05, 0.1) is 11.6 Å². The van der Waals surface area contributed by atoms with Crippen molar-refractivity contribution in [2.45, 2.75) is 13.5 Å². The molecule has 1 heterocycles. The number of ether oxygens (including phenoxy) is 1. The second kappa shape index (κ2) is 5.99. The Bertz CT molecular complexity index is 559.